The Bertz CT molecular complexity index is 162. The van der Waals surface area contributed by atoms with E-state index in [4.69, 9.17) is 0 Å². The summed E-state index contributed by atoms with van der Waals surface area (Å²) in [5, 5.41) is -2.45. The average molecular weight is 262 g/mol. The van der Waals surface area contributed by atoms with E-state index in [0.717, 1.165) is 0 Å². The first-order chi connectivity index (χ1) is 4.39. The maximum atomic E-state index is 11.5. The van der Waals surface area contributed by atoms with E-state index in [1.54, 1.807) is 0 Å². The number of halogens is 5. The Labute approximate surface area is 89.7 Å². The topological polar surface area (TPSA) is 40.1 Å². The highest BCUT2D eigenvalue weighted by molar-refractivity contribution is 7.80. The van der Waals surface area contributed by atoms with E-state index in [9.17, 15) is 21.9 Å². The molecule has 8 heteroatoms. The van der Waals surface area contributed by atoms with Gasteiger partial charge >= 0.3 is 6.18 Å². The predicted molar refractivity (Wildman–Crippen MR) is 50.2 cm³/mol. The zero-order chi connectivity index (χ0) is 8.36. The van der Waals surface area contributed by atoms with Crippen LogP contribution in [-0.4, -0.2) is 20.2 Å². The van der Waals surface area contributed by atoms with Crippen LogP contribution >= 0.6 is 24.8 Å². The highest BCUT2D eigenvalue weighted by atomic mass is 35.5. The van der Waals surface area contributed by atoms with E-state index >= 15 is 0 Å². The Morgan fingerprint density at radius 3 is 1.69 bits per heavy atom. The van der Waals surface area contributed by atoms with Crippen molar-refractivity contribution in [3.8, 4) is 0 Å². The van der Waals surface area contributed by atoms with Crippen molar-refractivity contribution in [2.24, 2.45) is 0 Å². The van der Waals surface area contributed by atoms with E-state index in [1.807, 2.05) is 0 Å². The fraction of sp³-hybridized carbons (Fsp3) is 0.600. The van der Waals surface area contributed by atoms with E-state index in [1.165, 1.54) is 0 Å². The summed E-state index contributed by atoms with van der Waals surface area (Å²) in [6.45, 7) is 2.74. The summed E-state index contributed by atoms with van der Waals surface area (Å²) in [7, 11) is 0. The number of rotatable bonds is 2. The molecule has 0 saturated heterocycles. The smallest absolute Gasteiger partial charge is 0.405 e. The van der Waals surface area contributed by atoms with Gasteiger partial charge in [-0.3, -0.25) is 4.21 Å². The summed E-state index contributed by atoms with van der Waals surface area (Å²) in [5.74, 6) is 0. The minimum Gasteiger partial charge on any atom is -0.772 e. The first-order valence-electron chi connectivity index (χ1n) is 2.17. The molecule has 0 rings (SSSR count). The van der Waals surface area contributed by atoms with Gasteiger partial charge in [0.05, 0.1) is 0 Å². The number of hydrogen-bond donors (Lipinski definition) is 0. The van der Waals surface area contributed by atoms with Crippen molar-refractivity contribution in [2.75, 3.05) is 0 Å². The highest BCUT2D eigenvalue weighted by Crippen LogP contribution is 2.24. The van der Waals surface area contributed by atoms with Crippen LogP contribution in [0.5, 0.6) is 0 Å². The maximum absolute atomic E-state index is 11.5. The van der Waals surface area contributed by atoms with Crippen LogP contribution in [0, 0.1) is 0 Å². The third-order valence-corrected chi connectivity index (χ3v) is 1.62. The molecule has 0 spiro atoms. The van der Waals surface area contributed by atoms with Gasteiger partial charge in [0.15, 0.2) is 0 Å². The zero-order valence-corrected chi connectivity index (χ0v) is 7.99. The van der Waals surface area contributed by atoms with Crippen molar-refractivity contribution >= 4 is 35.9 Å². The molecule has 0 aliphatic rings. The molecule has 0 bridgehead atoms. The van der Waals surface area contributed by atoms with Gasteiger partial charge in [0.2, 0.25) is 0 Å². The molecule has 0 heterocycles. The number of hydrogen-bond acceptors (Lipinski definition) is 2. The Hall–Kier alpha value is 0.220. The zero-order valence-electron chi connectivity index (χ0n) is 5.54. The molecule has 0 saturated carbocycles. The van der Waals surface area contributed by atoms with Gasteiger partial charge in [0, 0.05) is 0 Å². The van der Waals surface area contributed by atoms with Crippen molar-refractivity contribution in [3.05, 3.63) is 12.7 Å². The third-order valence-electron chi connectivity index (χ3n) is 0.744. The van der Waals surface area contributed by atoms with E-state index in [2.05, 4.69) is 6.58 Å². The van der Waals surface area contributed by atoms with Crippen LogP contribution in [-0.2, 0) is 11.1 Å². The minimum absolute atomic E-state index is 0. The molecule has 84 valence electrons. The van der Waals surface area contributed by atoms with Crippen molar-refractivity contribution in [3.63, 3.8) is 0 Å². The summed E-state index contributed by atoms with van der Waals surface area (Å²) >= 11 is -3.17. The van der Waals surface area contributed by atoms with Crippen molar-refractivity contribution in [1.82, 2.24) is 0 Å². The summed E-state index contributed by atoms with van der Waals surface area (Å²) in [5.41, 5.74) is 0. The molecule has 0 radical (unpaired) electrons. The van der Waals surface area contributed by atoms with Gasteiger partial charge in [-0.05, 0) is 11.1 Å². The van der Waals surface area contributed by atoms with Crippen molar-refractivity contribution < 1.29 is 21.9 Å². The van der Waals surface area contributed by atoms with Crippen LogP contribution < -0.4 is 0 Å². The molecule has 13 heavy (non-hydrogen) atoms. The molecule has 0 fully saturated rings. The molecule has 0 aromatic carbocycles. The van der Waals surface area contributed by atoms with E-state index < -0.39 is 22.5 Å². The van der Waals surface area contributed by atoms with Gasteiger partial charge in [-0.15, -0.1) is 31.4 Å². The summed E-state index contributed by atoms with van der Waals surface area (Å²) in [6.07, 6.45) is -4.41. The minimum atomic E-state index is -4.74. The lowest BCUT2D eigenvalue weighted by Gasteiger charge is -2.18. The molecule has 0 aliphatic heterocycles. The van der Waals surface area contributed by atoms with Crippen molar-refractivity contribution in [2.45, 2.75) is 18.9 Å². The lowest BCUT2D eigenvalue weighted by molar-refractivity contribution is -0.121. The second-order valence-corrected chi connectivity index (χ2v) is 2.49. The third kappa shape index (κ3) is 8.55. The molecular weight excluding hydrogens is 252 g/mol. The fourth-order valence-electron chi connectivity index (χ4n) is 0.321. The van der Waals surface area contributed by atoms with E-state index in [0.29, 0.717) is 6.08 Å². The van der Waals surface area contributed by atoms with Crippen LogP contribution in [0.1, 0.15) is 7.43 Å². The van der Waals surface area contributed by atoms with Crippen LogP contribution in [0.2, 0.25) is 0 Å². The normalized spacial score (nSPS) is 13.8. The Balaban J connectivity index is -0.000000135. The van der Waals surface area contributed by atoms with Crippen LogP contribution in [0.4, 0.5) is 13.2 Å². The van der Waals surface area contributed by atoms with Crippen LogP contribution in [0.25, 0.3) is 0 Å². The quantitative estimate of drug-likeness (QED) is 0.566. The summed E-state index contributed by atoms with van der Waals surface area (Å²) in [4.78, 5) is 0. The van der Waals surface area contributed by atoms with Gasteiger partial charge in [-0.25, -0.2) is 0 Å². The summed E-state index contributed by atoms with van der Waals surface area (Å²) in [6, 6.07) is 0. The second kappa shape index (κ2) is 8.80. The Morgan fingerprint density at radius 1 is 1.38 bits per heavy atom. The van der Waals surface area contributed by atoms with Crippen molar-refractivity contribution in [1.29, 1.82) is 0 Å². The standard InChI is InChI=1S/C4H5F3O2S.CH4.2ClH/c1-2-3(10(8)9)4(5,6)7;;;/h2-3H,1H2,(H,8,9);1H4;2*1H/p-1. The SMILES string of the molecule is C.C=CC(S(=O)[O-])C(F)(F)F.Cl.Cl. The predicted octanol–water partition coefficient (Wildman–Crippen LogP) is 2.46. The molecule has 2 nitrogen and oxygen atoms in total. The molecule has 0 aromatic rings. The lowest BCUT2D eigenvalue weighted by atomic mass is 10.4. The van der Waals surface area contributed by atoms with Gasteiger partial charge in [-0.1, -0.05) is 13.5 Å². The largest absolute Gasteiger partial charge is 0.772 e. The van der Waals surface area contributed by atoms with Gasteiger partial charge in [0.25, 0.3) is 0 Å². The number of alkyl halides is 3. The van der Waals surface area contributed by atoms with Gasteiger partial charge in [0.1, 0.15) is 5.25 Å². The fourth-order valence-corrected chi connectivity index (χ4v) is 0.697. The molecule has 2 atom stereocenters. The van der Waals surface area contributed by atoms with Gasteiger partial charge < -0.3 is 4.55 Å². The first kappa shape index (κ1) is 23.2. The monoisotopic (exact) mass is 261 g/mol. The highest BCUT2D eigenvalue weighted by Gasteiger charge is 2.38. The second-order valence-electron chi connectivity index (χ2n) is 1.46. The van der Waals surface area contributed by atoms with Gasteiger partial charge in [-0.2, -0.15) is 13.2 Å². The van der Waals surface area contributed by atoms with Crippen LogP contribution in [0.3, 0.4) is 0 Å². The average Bonchev–Trinajstić information content (AvgIpc) is 1.60. The Kier molecular flexibility index (Phi) is 15.7. The Morgan fingerprint density at radius 2 is 1.69 bits per heavy atom. The van der Waals surface area contributed by atoms with E-state index in [-0.39, 0.29) is 32.2 Å². The lowest BCUT2D eigenvalue weighted by Crippen LogP contribution is -2.30. The molecule has 0 N–H and O–H groups in total. The molecule has 0 aliphatic carbocycles. The molecule has 0 aromatic heterocycles. The molecule has 0 amide bonds. The van der Waals surface area contributed by atoms with Crippen LogP contribution in [0.15, 0.2) is 12.7 Å². The molecule has 2 unspecified atom stereocenters. The molecular formula is C5H10Cl2F3O2S-. The summed E-state index contributed by atoms with van der Waals surface area (Å²) < 4.78 is 54.1. The maximum Gasteiger partial charge on any atom is 0.405 e. The first-order valence-corrected chi connectivity index (χ1v) is 3.30.